The third-order valence-electron chi connectivity index (χ3n) is 6.62. The second kappa shape index (κ2) is 10.6. The van der Waals surface area contributed by atoms with Crippen LogP contribution in [0.5, 0.6) is 5.75 Å². The van der Waals surface area contributed by atoms with Gasteiger partial charge in [-0.25, -0.2) is 4.98 Å². The van der Waals surface area contributed by atoms with Crippen molar-refractivity contribution in [2.45, 2.75) is 26.0 Å². The molecule has 0 unspecified atom stereocenters. The molecule has 2 aromatic heterocycles. The van der Waals surface area contributed by atoms with E-state index in [1.165, 1.54) is 23.3 Å². The maximum atomic E-state index is 12.3. The number of carbonyl (C=O) groups excluding carboxylic acids is 1. The van der Waals surface area contributed by atoms with Gasteiger partial charge in [-0.3, -0.25) is 14.3 Å². The van der Waals surface area contributed by atoms with E-state index in [2.05, 4.69) is 40.0 Å². The molecule has 2 N–H and O–H groups in total. The van der Waals surface area contributed by atoms with Gasteiger partial charge in [0.25, 0.3) is 5.91 Å². The van der Waals surface area contributed by atoms with Crippen LogP contribution >= 0.6 is 22.9 Å². The fraction of sp³-hybridized carbons (Fsp3) is 0.333. The Morgan fingerprint density at radius 1 is 1.17 bits per heavy atom. The van der Waals surface area contributed by atoms with Gasteiger partial charge in [0.1, 0.15) is 28.1 Å². The first kappa shape index (κ1) is 24.8. The van der Waals surface area contributed by atoms with Crippen LogP contribution in [0.1, 0.15) is 40.2 Å². The minimum atomic E-state index is -0.524. The monoisotopic (exact) mass is 523 g/mol. The highest BCUT2D eigenvalue weighted by molar-refractivity contribution is 7.16. The average Bonchev–Trinajstić information content (AvgIpc) is 3.40. The molecule has 188 valence electrons. The zero-order chi connectivity index (χ0) is 25.2. The zero-order valence-corrected chi connectivity index (χ0v) is 22.1. The Bertz CT molecular complexity index is 1380. The van der Waals surface area contributed by atoms with E-state index >= 15 is 0 Å². The number of ether oxygens (including phenoxy) is 1. The lowest BCUT2D eigenvalue weighted by atomic mass is 10.1. The molecule has 7 nitrogen and oxygen atoms in total. The average molecular weight is 524 g/mol. The molecule has 0 radical (unpaired) electrons. The van der Waals surface area contributed by atoms with E-state index in [1.54, 1.807) is 6.33 Å². The van der Waals surface area contributed by atoms with Gasteiger partial charge in [0.05, 0.1) is 11.0 Å². The number of benzene rings is 2. The number of thiophene rings is 1. The molecule has 9 heteroatoms. The Morgan fingerprint density at radius 2 is 2.00 bits per heavy atom. The SMILES string of the molecule is C[C@@H](Oc1cc(-n2cnc3ccc(CN4CCCN(C)CC4)cc32)sc1C(N)=O)c1ccccc1Cl. The normalized spacial score (nSPS) is 16.2. The first-order valence-electron chi connectivity index (χ1n) is 12.1. The minimum Gasteiger partial charge on any atom is -0.484 e. The first-order valence-corrected chi connectivity index (χ1v) is 13.3. The summed E-state index contributed by atoms with van der Waals surface area (Å²) >= 11 is 7.65. The Kier molecular flexibility index (Phi) is 7.29. The third kappa shape index (κ3) is 5.27. The summed E-state index contributed by atoms with van der Waals surface area (Å²) in [5.41, 5.74) is 9.69. The van der Waals surface area contributed by atoms with Gasteiger partial charge in [-0.15, -0.1) is 11.3 Å². The van der Waals surface area contributed by atoms with Crippen molar-refractivity contribution in [3.8, 4) is 10.8 Å². The minimum absolute atomic E-state index is 0.349. The number of primary amides is 1. The Labute approximate surface area is 220 Å². The number of aromatic nitrogens is 2. The van der Waals surface area contributed by atoms with Gasteiger partial charge >= 0.3 is 0 Å². The van der Waals surface area contributed by atoms with E-state index in [9.17, 15) is 4.79 Å². The first-order chi connectivity index (χ1) is 17.4. The lowest BCUT2D eigenvalue weighted by molar-refractivity contribution is 0.0998. The van der Waals surface area contributed by atoms with E-state index in [-0.39, 0.29) is 6.10 Å². The number of rotatable bonds is 7. The van der Waals surface area contributed by atoms with Crippen molar-refractivity contribution < 1.29 is 9.53 Å². The summed E-state index contributed by atoms with van der Waals surface area (Å²) in [6.07, 6.45) is 2.61. The number of halogens is 1. The van der Waals surface area contributed by atoms with Crippen molar-refractivity contribution in [2.75, 3.05) is 33.2 Å². The van der Waals surface area contributed by atoms with Gasteiger partial charge in [-0.2, -0.15) is 0 Å². The molecule has 0 saturated carbocycles. The van der Waals surface area contributed by atoms with Gasteiger partial charge in [0.15, 0.2) is 0 Å². The molecule has 36 heavy (non-hydrogen) atoms. The fourth-order valence-corrected chi connectivity index (χ4v) is 5.86. The number of carbonyl (C=O) groups is 1. The standard InChI is InChI=1S/C27H30ClN5O2S/c1-18(20-6-3-4-7-21(20)28)35-24-15-25(36-26(24)27(29)34)33-17-30-22-9-8-19(14-23(22)33)16-32-11-5-10-31(2)12-13-32/h3-4,6-9,14-15,17-18H,5,10-13,16H2,1-2H3,(H2,29,34)/t18-/m1/s1. The van der Waals surface area contributed by atoms with Gasteiger partial charge in [-0.1, -0.05) is 35.9 Å². The molecule has 4 aromatic rings. The summed E-state index contributed by atoms with van der Waals surface area (Å²) in [6.45, 7) is 7.19. The van der Waals surface area contributed by atoms with Crippen LogP contribution in [0, 0.1) is 0 Å². The lowest BCUT2D eigenvalue weighted by Crippen LogP contribution is -2.28. The predicted molar refractivity (Wildman–Crippen MR) is 145 cm³/mol. The van der Waals surface area contributed by atoms with Crippen molar-refractivity contribution in [1.82, 2.24) is 19.4 Å². The van der Waals surface area contributed by atoms with Crippen molar-refractivity contribution in [3.63, 3.8) is 0 Å². The summed E-state index contributed by atoms with van der Waals surface area (Å²) in [5.74, 6) is -0.0783. The molecular weight excluding hydrogens is 494 g/mol. The molecule has 1 aliphatic rings. The van der Waals surface area contributed by atoms with Gasteiger partial charge in [0.2, 0.25) is 0 Å². The largest absolute Gasteiger partial charge is 0.484 e. The molecule has 1 fully saturated rings. The number of fused-ring (bicyclic) bond motifs is 1. The summed E-state index contributed by atoms with van der Waals surface area (Å²) < 4.78 is 8.19. The number of amides is 1. The van der Waals surface area contributed by atoms with E-state index in [4.69, 9.17) is 22.1 Å². The van der Waals surface area contributed by atoms with E-state index in [0.717, 1.165) is 54.3 Å². The maximum absolute atomic E-state index is 12.3. The zero-order valence-electron chi connectivity index (χ0n) is 20.5. The van der Waals surface area contributed by atoms with Crippen LogP contribution in [0.25, 0.3) is 16.0 Å². The molecule has 1 atom stereocenters. The maximum Gasteiger partial charge on any atom is 0.262 e. The number of likely N-dealkylation sites (N-methyl/N-ethyl adjacent to an activating group) is 1. The highest BCUT2D eigenvalue weighted by Crippen LogP contribution is 2.37. The summed E-state index contributed by atoms with van der Waals surface area (Å²) in [7, 11) is 2.18. The Morgan fingerprint density at radius 3 is 2.81 bits per heavy atom. The summed E-state index contributed by atoms with van der Waals surface area (Å²) in [4.78, 5) is 22.1. The Hall–Kier alpha value is -2.91. The summed E-state index contributed by atoms with van der Waals surface area (Å²) in [6, 6.07) is 15.8. The van der Waals surface area contributed by atoms with E-state index in [0.29, 0.717) is 15.6 Å². The molecule has 0 spiro atoms. The third-order valence-corrected chi connectivity index (χ3v) is 8.10. The van der Waals surface area contributed by atoms with Crippen LogP contribution in [0.15, 0.2) is 54.9 Å². The van der Waals surface area contributed by atoms with Crippen LogP contribution in [-0.4, -0.2) is 58.5 Å². The van der Waals surface area contributed by atoms with Crippen LogP contribution in [0.3, 0.4) is 0 Å². The molecule has 5 rings (SSSR count). The smallest absolute Gasteiger partial charge is 0.262 e. The highest BCUT2D eigenvalue weighted by Gasteiger charge is 2.21. The number of hydrogen-bond acceptors (Lipinski definition) is 6. The molecule has 1 amide bonds. The molecule has 2 aromatic carbocycles. The number of imidazole rings is 1. The van der Waals surface area contributed by atoms with Crippen molar-refractivity contribution >= 4 is 39.9 Å². The second-order valence-corrected chi connectivity index (χ2v) is 10.7. The molecule has 0 aliphatic carbocycles. The highest BCUT2D eigenvalue weighted by atomic mass is 35.5. The molecular formula is C27H30ClN5O2S. The Balaban J connectivity index is 1.43. The van der Waals surface area contributed by atoms with Crippen molar-refractivity contribution in [1.29, 1.82) is 0 Å². The van der Waals surface area contributed by atoms with Gasteiger partial charge in [-0.05, 0) is 57.2 Å². The number of hydrogen-bond donors (Lipinski definition) is 1. The fourth-order valence-electron chi connectivity index (χ4n) is 4.64. The van der Waals surface area contributed by atoms with Crippen LogP contribution in [-0.2, 0) is 6.54 Å². The predicted octanol–water partition coefficient (Wildman–Crippen LogP) is 5.12. The molecule has 0 bridgehead atoms. The number of nitrogens with two attached hydrogens (primary N) is 1. The quantitative estimate of drug-likeness (QED) is 0.364. The van der Waals surface area contributed by atoms with Crippen LogP contribution in [0.2, 0.25) is 5.02 Å². The van der Waals surface area contributed by atoms with Gasteiger partial charge < -0.3 is 15.4 Å². The topological polar surface area (TPSA) is 76.6 Å². The van der Waals surface area contributed by atoms with E-state index in [1.807, 2.05) is 41.8 Å². The number of nitrogens with zero attached hydrogens (tertiary/aromatic N) is 4. The van der Waals surface area contributed by atoms with Crippen molar-refractivity contribution in [3.05, 3.63) is 75.9 Å². The lowest BCUT2D eigenvalue weighted by Gasteiger charge is -2.20. The molecule has 1 aliphatic heterocycles. The second-order valence-electron chi connectivity index (χ2n) is 9.29. The molecule has 1 saturated heterocycles. The summed E-state index contributed by atoms with van der Waals surface area (Å²) in [5, 5.41) is 1.44. The van der Waals surface area contributed by atoms with Crippen LogP contribution < -0.4 is 10.5 Å². The van der Waals surface area contributed by atoms with E-state index < -0.39 is 5.91 Å². The van der Waals surface area contributed by atoms with Crippen molar-refractivity contribution in [2.24, 2.45) is 5.73 Å². The van der Waals surface area contributed by atoms with Gasteiger partial charge in [0, 0.05) is 36.3 Å². The molecule has 3 heterocycles. The van der Waals surface area contributed by atoms with Crippen LogP contribution in [0.4, 0.5) is 0 Å².